The van der Waals surface area contributed by atoms with Crippen LogP contribution in [0.15, 0.2) is 47.3 Å². The van der Waals surface area contributed by atoms with Crippen molar-refractivity contribution in [2.75, 3.05) is 0 Å². The molecule has 7 nitrogen and oxygen atoms in total. The number of fused-ring (bicyclic) bond motifs is 1. The van der Waals surface area contributed by atoms with Gasteiger partial charge in [0, 0.05) is 18.0 Å². The number of halogens is 1. The molecule has 1 saturated heterocycles. The van der Waals surface area contributed by atoms with Gasteiger partial charge in [-0.25, -0.2) is 8.91 Å². The van der Waals surface area contributed by atoms with Gasteiger partial charge in [-0.3, -0.25) is 9.36 Å². The molecule has 3 atom stereocenters. The summed E-state index contributed by atoms with van der Waals surface area (Å²) >= 11 is 0. The highest BCUT2D eigenvalue weighted by Crippen LogP contribution is 2.31. The predicted octanol–water partition coefficient (Wildman–Crippen LogP) is 5.55. The van der Waals surface area contributed by atoms with Gasteiger partial charge in [0.2, 0.25) is 5.78 Å². The summed E-state index contributed by atoms with van der Waals surface area (Å²) in [5, 5.41) is 14.1. The highest BCUT2D eigenvalue weighted by atomic mass is 19.1. The lowest BCUT2D eigenvalue weighted by molar-refractivity contribution is -0.0488. The Bertz CT molecular complexity index is 1590. The minimum absolute atomic E-state index is 0.0137. The van der Waals surface area contributed by atoms with Crippen LogP contribution in [0.5, 0.6) is 0 Å². The van der Waals surface area contributed by atoms with Crippen LogP contribution in [0.3, 0.4) is 0 Å². The maximum Gasteiger partial charge on any atom is 0.259 e. The van der Waals surface area contributed by atoms with Crippen molar-refractivity contribution >= 4 is 5.78 Å². The van der Waals surface area contributed by atoms with Crippen molar-refractivity contribution in [2.45, 2.75) is 78.0 Å². The topological polar surface area (TPSA) is 85.2 Å². The molecular weight excluding hydrogens is 481 g/mol. The van der Waals surface area contributed by atoms with Crippen LogP contribution in [0.1, 0.15) is 74.3 Å². The molecule has 0 saturated carbocycles. The summed E-state index contributed by atoms with van der Waals surface area (Å²) in [6.07, 6.45) is 2.99. The molecule has 5 rings (SSSR count). The van der Waals surface area contributed by atoms with Crippen LogP contribution in [0.2, 0.25) is 0 Å². The molecule has 1 aliphatic rings. The van der Waals surface area contributed by atoms with E-state index in [2.05, 4.69) is 23.1 Å². The van der Waals surface area contributed by atoms with Crippen molar-refractivity contribution in [1.82, 2.24) is 19.2 Å². The van der Waals surface area contributed by atoms with E-state index in [9.17, 15) is 10.1 Å². The van der Waals surface area contributed by atoms with Crippen molar-refractivity contribution in [3.8, 4) is 17.2 Å². The molecule has 1 fully saturated rings. The predicted molar refractivity (Wildman–Crippen MR) is 144 cm³/mol. The maximum absolute atomic E-state index is 15.5. The zero-order chi connectivity index (χ0) is 27.0. The molecule has 0 radical (unpaired) electrons. The van der Waals surface area contributed by atoms with Crippen molar-refractivity contribution < 1.29 is 9.13 Å². The Morgan fingerprint density at radius 3 is 2.58 bits per heavy atom. The standard InChI is InChI=1S/C30H32FN5O2/c1-5-8-28-26(15-22-12-11-21(16-27(22)31)25-10-7-6-9-23(25)17-32)29(37)35(30-33-20(4)34-36(28)30)24-13-18(2)38-19(3)14-24/h6-7,9-12,16,18-19,24H,5,8,13-15H2,1-4H3/t18-,19+,24?. The Labute approximate surface area is 221 Å². The van der Waals surface area contributed by atoms with Gasteiger partial charge in [0.25, 0.3) is 5.56 Å². The van der Waals surface area contributed by atoms with Crippen LogP contribution in [0.25, 0.3) is 16.9 Å². The number of aromatic nitrogens is 4. The van der Waals surface area contributed by atoms with Gasteiger partial charge in [0.15, 0.2) is 0 Å². The van der Waals surface area contributed by atoms with Gasteiger partial charge >= 0.3 is 0 Å². The molecule has 4 aromatic rings. The van der Waals surface area contributed by atoms with E-state index in [0.29, 0.717) is 58.7 Å². The molecule has 196 valence electrons. The van der Waals surface area contributed by atoms with E-state index in [1.165, 1.54) is 6.07 Å². The van der Waals surface area contributed by atoms with Crippen LogP contribution >= 0.6 is 0 Å². The average molecular weight is 514 g/mol. The Balaban J connectivity index is 1.64. The zero-order valence-corrected chi connectivity index (χ0v) is 22.2. The fourth-order valence-electron chi connectivity index (χ4n) is 5.69. The Morgan fingerprint density at radius 1 is 1.16 bits per heavy atom. The van der Waals surface area contributed by atoms with E-state index in [1.54, 1.807) is 27.3 Å². The van der Waals surface area contributed by atoms with Crippen molar-refractivity contribution in [3.05, 3.63) is 86.8 Å². The first kappa shape index (κ1) is 25.8. The van der Waals surface area contributed by atoms with Gasteiger partial charge < -0.3 is 4.74 Å². The quantitative estimate of drug-likeness (QED) is 0.338. The first-order chi connectivity index (χ1) is 18.3. The molecule has 0 aliphatic carbocycles. The van der Waals surface area contributed by atoms with E-state index in [1.807, 2.05) is 39.0 Å². The van der Waals surface area contributed by atoms with E-state index >= 15 is 4.39 Å². The number of nitriles is 1. The second-order valence-electron chi connectivity index (χ2n) is 10.2. The largest absolute Gasteiger partial charge is 0.375 e. The van der Waals surface area contributed by atoms with E-state index in [-0.39, 0.29) is 30.2 Å². The molecule has 0 N–H and O–H groups in total. The van der Waals surface area contributed by atoms with E-state index in [4.69, 9.17) is 4.74 Å². The number of rotatable bonds is 6. The Hall–Kier alpha value is -3.83. The highest BCUT2D eigenvalue weighted by Gasteiger charge is 2.30. The molecule has 3 heterocycles. The van der Waals surface area contributed by atoms with Gasteiger partial charge in [0.1, 0.15) is 11.6 Å². The minimum Gasteiger partial charge on any atom is -0.375 e. The summed E-state index contributed by atoms with van der Waals surface area (Å²) in [6.45, 7) is 7.92. The lowest BCUT2D eigenvalue weighted by Crippen LogP contribution is -2.38. The summed E-state index contributed by atoms with van der Waals surface area (Å²) in [4.78, 5) is 18.8. The Kier molecular flexibility index (Phi) is 7.13. The summed E-state index contributed by atoms with van der Waals surface area (Å²) < 4.78 is 25.0. The fourth-order valence-corrected chi connectivity index (χ4v) is 5.69. The van der Waals surface area contributed by atoms with E-state index in [0.717, 1.165) is 12.1 Å². The number of hydrogen-bond acceptors (Lipinski definition) is 5. The van der Waals surface area contributed by atoms with Gasteiger partial charge in [-0.1, -0.05) is 43.7 Å². The molecule has 0 amide bonds. The smallest absolute Gasteiger partial charge is 0.259 e. The van der Waals surface area contributed by atoms with Crippen LogP contribution in [0.4, 0.5) is 4.39 Å². The SMILES string of the molecule is CCCc1c(Cc2ccc(-c3ccccc3C#N)cc2F)c(=O)n(C2C[C@@H](C)O[C@@H](C)C2)c2nc(C)nn12. The third kappa shape index (κ3) is 4.74. The van der Waals surface area contributed by atoms with Gasteiger partial charge in [-0.15, -0.1) is 0 Å². The number of nitrogens with zero attached hydrogens (tertiary/aromatic N) is 5. The highest BCUT2D eigenvalue weighted by molar-refractivity contribution is 5.70. The molecule has 1 aliphatic heterocycles. The van der Waals surface area contributed by atoms with E-state index < -0.39 is 5.82 Å². The second kappa shape index (κ2) is 10.5. The third-order valence-electron chi connectivity index (χ3n) is 7.30. The van der Waals surface area contributed by atoms with Gasteiger partial charge in [-0.05, 0) is 68.9 Å². The second-order valence-corrected chi connectivity index (χ2v) is 10.2. The van der Waals surface area contributed by atoms with Crippen LogP contribution < -0.4 is 5.56 Å². The molecule has 8 heteroatoms. The molecular formula is C30H32FN5O2. The number of benzene rings is 2. The number of ether oxygens (including phenoxy) is 1. The van der Waals surface area contributed by atoms with Crippen molar-refractivity contribution in [3.63, 3.8) is 0 Å². The summed E-state index contributed by atoms with van der Waals surface area (Å²) in [7, 11) is 0. The molecule has 0 bridgehead atoms. The molecule has 1 unspecified atom stereocenters. The van der Waals surface area contributed by atoms with Crippen LogP contribution in [-0.2, 0) is 17.6 Å². The minimum atomic E-state index is -0.410. The number of aryl methyl sites for hydroxylation is 2. The summed E-state index contributed by atoms with van der Waals surface area (Å²) in [5.41, 5.74) is 3.39. The molecule has 0 spiro atoms. The van der Waals surface area contributed by atoms with Gasteiger partial charge in [-0.2, -0.15) is 15.3 Å². The maximum atomic E-state index is 15.5. The summed E-state index contributed by atoms with van der Waals surface area (Å²) in [6, 6.07) is 14.2. The van der Waals surface area contributed by atoms with Crippen molar-refractivity contribution in [1.29, 1.82) is 5.26 Å². The Morgan fingerprint density at radius 2 is 1.89 bits per heavy atom. The average Bonchev–Trinajstić information content (AvgIpc) is 3.27. The molecule has 2 aromatic carbocycles. The van der Waals surface area contributed by atoms with Crippen molar-refractivity contribution in [2.24, 2.45) is 0 Å². The fraction of sp³-hybridized carbons (Fsp3) is 0.400. The van der Waals surface area contributed by atoms with Crippen LogP contribution in [-0.4, -0.2) is 31.4 Å². The first-order valence-electron chi connectivity index (χ1n) is 13.2. The third-order valence-corrected chi connectivity index (χ3v) is 7.30. The summed E-state index contributed by atoms with van der Waals surface area (Å²) in [5.74, 6) is 0.717. The number of hydrogen-bond donors (Lipinski definition) is 0. The van der Waals surface area contributed by atoms with Crippen LogP contribution in [0, 0.1) is 24.1 Å². The monoisotopic (exact) mass is 513 g/mol. The lowest BCUT2D eigenvalue weighted by Gasteiger charge is -2.33. The molecule has 2 aromatic heterocycles. The first-order valence-corrected chi connectivity index (χ1v) is 13.2. The lowest BCUT2D eigenvalue weighted by atomic mass is 9.95. The molecule has 38 heavy (non-hydrogen) atoms. The normalized spacial score (nSPS) is 19.5. The zero-order valence-electron chi connectivity index (χ0n) is 22.2. The van der Waals surface area contributed by atoms with Gasteiger partial charge in [0.05, 0.1) is 29.5 Å².